The number of nitrogens with zero attached hydrogens (tertiary/aromatic N) is 4. The smallest absolute Gasteiger partial charge is 0.214 e. The van der Waals surface area contributed by atoms with Crippen LogP contribution < -0.4 is 10.3 Å². The summed E-state index contributed by atoms with van der Waals surface area (Å²) in [5.41, 5.74) is 18.1. The Balaban J connectivity index is 2.52. The first-order chi connectivity index (χ1) is 9.22. The van der Waals surface area contributed by atoms with E-state index in [9.17, 15) is 0 Å². The van der Waals surface area contributed by atoms with Crippen LogP contribution in [0, 0.1) is 0 Å². The van der Waals surface area contributed by atoms with Crippen molar-refractivity contribution in [3.63, 3.8) is 0 Å². The molecule has 0 fully saturated rings. The predicted molar refractivity (Wildman–Crippen MR) is 75.8 cm³/mol. The molecule has 5 heteroatoms. The molecule has 0 aliphatic heterocycles. The summed E-state index contributed by atoms with van der Waals surface area (Å²) in [6.07, 6.45) is 0. The van der Waals surface area contributed by atoms with Crippen molar-refractivity contribution in [2.75, 3.05) is 5.73 Å². The zero-order chi connectivity index (χ0) is 13.4. The number of aromatic nitrogens is 1. The summed E-state index contributed by atoms with van der Waals surface area (Å²) in [4.78, 5) is 2.80. The normalized spacial score (nSPS) is 10.6. The number of nitrogens with two attached hydrogens (primary N) is 1. The van der Waals surface area contributed by atoms with Crippen LogP contribution in [-0.2, 0) is 7.05 Å². The number of nitrogen functional groups attached to an aromatic ring is 1. The van der Waals surface area contributed by atoms with Gasteiger partial charge in [-0.05, 0) is 23.7 Å². The van der Waals surface area contributed by atoms with Crippen LogP contribution in [0.15, 0.2) is 47.6 Å². The quantitative estimate of drug-likeness (QED) is 0.232. The first-order valence-corrected chi connectivity index (χ1v) is 5.87. The first-order valence-electron chi connectivity index (χ1n) is 5.87. The van der Waals surface area contributed by atoms with Crippen LogP contribution in [-0.4, -0.2) is 0 Å². The van der Waals surface area contributed by atoms with Gasteiger partial charge in [0.2, 0.25) is 11.0 Å². The second-order valence-electron chi connectivity index (χ2n) is 4.38. The van der Waals surface area contributed by atoms with E-state index < -0.39 is 0 Å². The molecule has 1 aromatic heterocycles. The van der Waals surface area contributed by atoms with E-state index in [1.54, 1.807) is 6.07 Å². The Bertz CT molecular complexity index is 847. The van der Waals surface area contributed by atoms with Crippen LogP contribution in [0.4, 0.5) is 11.4 Å². The topological polar surface area (TPSA) is 78.7 Å². The maximum absolute atomic E-state index is 8.51. The molecule has 0 atom stereocenters. The Labute approximate surface area is 109 Å². The first kappa shape index (κ1) is 11.3. The van der Waals surface area contributed by atoms with Gasteiger partial charge in [-0.15, -0.1) is 0 Å². The average Bonchev–Trinajstić information content (AvgIpc) is 2.45. The van der Waals surface area contributed by atoms with Crippen molar-refractivity contribution in [2.45, 2.75) is 0 Å². The van der Waals surface area contributed by atoms with E-state index in [0.717, 1.165) is 21.8 Å². The number of hydrogen-bond donors (Lipinski definition) is 1. The number of azide groups is 1. The molecule has 19 heavy (non-hydrogen) atoms. The number of rotatable bonds is 1. The summed E-state index contributed by atoms with van der Waals surface area (Å²) in [6.45, 7) is 0. The van der Waals surface area contributed by atoms with E-state index >= 15 is 0 Å². The molecule has 2 N–H and O–H groups in total. The molecule has 0 unspecified atom stereocenters. The summed E-state index contributed by atoms with van der Waals surface area (Å²) in [6, 6.07) is 13.5. The van der Waals surface area contributed by atoms with Gasteiger partial charge in [0.05, 0.1) is 16.5 Å². The van der Waals surface area contributed by atoms with E-state index in [1.807, 2.05) is 43.4 Å². The Hall–Kier alpha value is -2.78. The second kappa shape index (κ2) is 4.15. The number of hydrogen-bond acceptors (Lipinski definition) is 2. The molecule has 0 saturated heterocycles. The number of pyridine rings is 1. The van der Waals surface area contributed by atoms with Crippen LogP contribution in [0.3, 0.4) is 0 Å². The number of para-hydroxylation sites is 1. The van der Waals surface area contributed by atoms with Gasteiger partial charge in [0.25, 0.3) is 0 Å². The zero-order valence-electron chi connectivity index (χ0n) is 10.4. The standard InChI is InChI=1S/C14H11N5/c1-19-12-5-3-2-4-10(12)14(15)11-8-9(17-18-16)6-7-13(11)19/h2-8,15H,1H3/p+1. The minimum Gasteiger partial charge on any atom is -0.397 e. The van der Waals surface area contributed by atoms with Crippen molar-refractivity contribution >= 4 is 33.2 Å². The molecule has 0 amide bonds. The van der Waals surface area contributed by atoms with Crippen LogP contribution in [0.5, 0.6) is 0 Å². The van der Waals surface area contributed by atoms with Gasteiger partial charge in [0.15, 0.2) is 0 Å². The molecule has 0 bridgehead atoms. The Morgan fingerprint density at radius 2 is 1.84 bits per heavy atom. The Kier molecular flexibility index (Phi) is 2.47. The molecule has 0 saturated carbocycles. The number of benzene rings is 2. The lowest BCUT2D eigenvalue weighted by Gasteiger charge is -2.06. The molecule has 1 heterocycles. The molecule has 5 nitrogen and oxygen atoms in total. The summed E-state index contributed by atoms with van der Waals surface area (Å²) < 4.78 is 2.08. The van der Waals surface area contributed by atoms with Crippen LogP contribution in [0.1, 0.15) is 0 Å². The molecule has 3 aromatic rings. The highest BCUT2D eigenvalue weighted by atomic mass is 15.1. The van der Waals surface area contributed by atoms with Gasteiger partial charge in [0, 0.05) is 22.7 Å². The maximum atomic E-state index is 8.51. The minimum absolute atomic E-state index is 0.567. The van der Waals surface area contributed by atoms with Gasteiger partial charge in [-0.2, -0.15) is 4.57 Å². The molecule has 0 aliphatic carbocycles. The summed E-state index contributed by atoms with van der Waals surface area (Å²) in [7, 11) is 2.00. The average molecular weight is 250 g/mol. The van der Waals surface area contributed by atoms with Gasteiger partial charge >= 0.3 is 0 Å². The van der Waals surface area contributed by atoms with E-state index in [1.165, 1.54) is 0 Å². The SMILES string of the molecule is C[n+]1c2ccccc2c(N)c2cc(N=[N+]=[N-])ccc21. The third-order valence-electron chi connectivity index (χ3n) is 3.35. The van der Waals surface area contributed by atoms with E-state index in [0.29, 0.717) is 11.4 Å². The summed E-state index contributed by atoms with van der Waals surface area (Å²) in [5.74, 6) is 0. The molecule has 92 valence electrons. The zero-order valence-corrected chi connectivity index (χ0v) is 10.4. The van der Waals surface area contributed by atoms with E-state index in [2.05, 4.69) is 14.6 Å². The summed E-state index contributed by atoms with van der Waals surface area (Å²) in [5, 5.41) is 5.51. The van der Waals surface area contributed by atoms with Crippen LogP contribution in [0.25, 0.3) is 32.2 Å². The van der Waals surface area contributed by atoms with Crippen molar-refractivity contribution in [3.8, 4) is 0 Å². The fourth-order valence-electron chi connectivity index (χ4n) is 2.41. The third-order valence-corrected chi connectivity index (χ3v) is 3.35. The lowest BCUT2D eigenvalue weighted by Crippen LogP contribution is -2.30. The van der Waals surface area contributed by atoms with Crippen molar-refractivity contribution in [1.82, 2.24) is 0 Å². The monoisotopic (exact) mass is 250 g/mol. The van der Waals surface area contributed by atoms with E-state index in [4.69, 9.17) is 11.3 Å². The summed E-state index contributed by atoms with van der Waals surface area (Å²) >= 11 is 0. The molecular formula is C14H12N5+. The van der Waals surface area contributed by atoms with Crippen LogP contribution in [0.2, 0.25) is 0 Å². The highest BCUT2D eigenvalue weighted by molar-refractivity contribution is 6.04. The Morgan fingerprint density at radius 3 is 2.63 bits per heavy atom. The lowest BCUT2D eigenvalue weighted by atomic mass is 10.1. The van der Waals surface area contributed by atoms with Gasteiger partial charge in [-0.25, -0.2) is 0 Å². The molecule has 0 radical (unpaired) electrons. The van der Waals surface area contributed by atoms with E-state index in [-0.39, 0.29) is 0 Å². The highest BCUT2D eigenvalue weighted by Crippen LogP contribution is 2.29. The van der Waals surface area contributed by atoms with Gasteiger partial charge in [-0.1, -0.05) is 17.2 Å². The Morgan fingerprint density at radius 1 is 1.11 bits per heavy atom. The number of fused-ring (bicyclic) bond motifs is 2. The van der Waals surface area contributed by atoms with Crippen molar-refractivity contribution < 1.29 is 4.57 Å². The fourth-order valence-corrected chi connectivity index (χ4v) is 2.41. The molecular weight excluding hydrogens is 238 g/mol. The minimum atomic E-state index is 0.567. The molecule has 0 spiro atoms. The third kappa shape index (κ3) is 1.64. The fraction of sp³-hybridized carbons (Fsp3) is 0.0714. The van der Waals surface area contributed by atoms with Gasteiger partial charge in [0.1, 0.15) is 7.05 Å². The van der Waals surface area contributed by atoms with Crippen molar-refractivity contribution in [1.29, 1.82) is 0 Å². The van der Waals surface area contributed by atoms with Crippen molar-refractivity contribution in [3.05, 3.63) is 52.9 Å². The van der Waals surface area contributed by atoms with Gasteiger partial charge in [-0.3, -0.25) is 0 Å². The molecule has 2 aromatic carbocycles. The maximum Gasteiger partial charge on any atom is 0.214 e. The lowest BCUT2D eigenvalue weighted by molar-refractivity contribution is -0.617. The second-order valence-corrected chi connectivity index (χ2v) is 4.38. The molecule has 3 rings (SSSR count). The number of anilines is 1. The molecule has 0 aliphatic rings. The van der Waals surface area contributed by atoms with Crippen LogP contribution >= 0.6 is 0 Å². The highest BCUT2D eigenvalue weighted by Gasteiger charge is 2.15. The predicted octanol–water partition coefficient (Wildman–Crippen LogP) is 3.34. The largest absolute Gasteiger partial charge is 0.397 e. The van der Waals surface area contributed by atoms with Gasteiger partial charge < -0.3 is 5.73 Å². The number of aryl methyl sites for hydroxylation is 1. The van der Waals surface area contributed by atoms with Crippen molar-refractivity contribution in [2.24, 2.45) is 12.2 Å².